The minimum atomic E-state index is 0.301. The molecular weight excluding hydrogens is 260 g/mol. The maximum Gasteiger partial charge on any atom is 0.222 e. The maximum absolute atomic E-state index is 12.4. The molecule has 2 saturated carbocycles. The lowest BCUT2D eigenvalue weighted by Gasteiger charge is -2.24. The fourth-order valence-corrected chi connectivity index (χ4v) is 4.15. The summed E-state index contributed by atoms with van der Waals surface area (Å²) in [7, 11) is 1.92. The Balaban J connectivity index is 1.52. The van der Waals surface area contributed by atoms with Crippen LogP contribution in [0.3, 0.4) is 0 Å². The number of carbonyl (C=O) groups excluding carboxylic acids is 1. The Kier molecular flexibility index (Phi) is 4.29. The van der Waals surface area contributed by atoms with Crippen molar-refractivity contribution < 1.29 is 4.79 Å². The van der Waals surface area contributed by atoms with E-state index < -0.39 is 0 Å². The second kappa shape index (κ2) is 6.18. The second-order valence-corrected chi connectivity index (χ2v) is 6.91. The Morgan fingerprint density at radius 3 is 2.48 bits per heavy atom. The molecule has 1 aromatic rings. The van der Waals surface area contributed by atoms with Crippen LogP contribution in [0.25, 0.3) is 0 Å². The van der Waals surface area contributed by atoms with Gasteiger partial charge in [-0.2, -0.15) is 0 Å². The smallest absolute Gasteiger partial charge is 0.222 e. The van der Waals surface area contributed by atoms with Crippen molar-refractivity contribution in [2.24, 2.45) is 23.5 Å². The highest BCUT2D eigenvalue weighted by molar-refractivity contribution is 5.76. The van der Waals surface area contributed by atoms with Crippen LogP contribution in [0.2, 0.25) is 0 Å². The van der Waals surface area contributed by atoms with Gasteiger partial charge in [-0.1, -0.05) is 30.7 Å². The topological polar surface area (TPSA) is 46.3 Å². The average molecular weight is 286 g/mol. The van der Waals surface area contributed by atoms with E-state index in [1.807, 2.05) is 24.1 Å². The molecule has 0 radical (unpaired) electrons. The van der Waals surface area contributed by atoms with Crippen molar-refractivity contribution in [2.75, 3.05) is 7.05 Å². The summed E-state index contributed by atoms with van der Waals surface area (Å²) < 4.78 is 0. The minimum Gasteiger partial charge on any atom is -0.341 e. The van der Waals surface area contributed by atoms with E-state index >= 15 is 0 Å². The third kappa shape index (κ3) is 3.29. The summed E-state index contributed by atoms with van der Waals surface area (Å²) in [6.45, 7) is 1.27. The van der Waals surface area contributed by atoms with E-state index in [2.05, 4.69) is 12.1 Å². The third-order valence-corrected chi connectivity index (χ3v) is 5.43. The number of carbonyl (C=O) groups is 1. The summed E-state index contributed by atoms with van der Waals surface area (Å²) in [5.74, 6) is 2.70. The molecule has 2 bridgehead atoms. The molecule has 3 nitrogen and oxygen atoms in total. The van der Waals surface area contributed by atoms with Crippen LogP contribution in [-0.4, -0.2) is 17.9 Å². The molecule has 0 spiro atoms. The van der Waals surface area contributed by atoms with Crippen LogP contribution in [0.1, 0.15) is 43.2 Å². The zero-order valence-electron chi connectivity index (χ0n) is 12.9. The number of fused-ring (bicyclic) bond motifs is 2. The van der Waals surface area contributed by atoms with Gasteiger partial charge in [-0.15, -0.1) is 0 Å². The van der Waals surface area contributed by atoms with Gasteiger partial charge in [0.15, 0.2) is 0 Å². The molecule has 3 unspecified atom stereocenters. The number of hydrogen-bond donors (Lipinski definition) is 1. The van der Waals surface area contributed by atoms with Gasteiger partial charge in [-0.05, 0) is 48.1 Å². The lowest BCUT2D eigenvalue weighted by molar-refractivity contribution is -0.131. The van der Waals surface area contributed by atoms with E-state index in [0.717, 1.165) is 23.8 Å². The number of amides is 1. The lowest BCUT2D eigenvalue weighted by atomic mass is 9.86. The molecule has 2 aliphatic rings. The van der Waals surface area contributed by atoms with E-state index in [-0.39, 0.29) is 0 Å². The molecule has 0 heterocycles. The predicted molar refractivity (Wildman–Crippen MR) is 84.4 cm³/mol. The Morgan fingerprint density at radius 1 is 1.19 bits per heavy atom. The summed E-state index contributed by atoms with van der Waals surface area (Å²) in [5, 5.41) is 0. The van der Waals surface area contributed by atoms with E-state index in [9.17, 15) is 4.79 Å². The van der Waals surface area contributed by atoms with E-state index in [1.165, 1.54) is 31.2 Å². The third-order valence-electron chi connectivity index (χ3n) is 5.43. The van der Waals surface area contributed by atoms with Crippen molar-refractivity contribution in [3.05, 3.63) is 35.4 Å². The van der Waals surface area contributed by atoms with Gasteiger partial charge in [0.2, 0.25) is 5.91 Å². The van der Waals surface area contributed by atoms with Crippen molar-refractivity contribution in [1.82, 2.24) is 4.90 Å². The molecule has 21 heavy (non-hydrogen) atoms. The first-order valence-corrected chi connectivity index (χ1v) is 8.17. The van der Waals surface area contributed by atoms with Crippen LogP contribution in [0.5, 0.6) is 0 Å². The maximum atomic E-state index is 12.4. The van der Waals surface area contributed by atoms with Gasteiger partial charge in [-0.25, -0.2) is 0 Å². The number of hydrogen-bond acceptors (Lipinski definition) is 2. The van der Waals surface area contributed by atoms with Crippen molar-refractivity contribution in [3.8, 4) is 0 Å². The highest BCUT2D eigenvalue weighted by Gasteiger charge is 2.40. The second-order valence-electron chi connectivity index (χ2n) is 6.91. The molecule has 2 fully saturated rings. The zero-order valence-corrected chi connectivity index (χ0v) is 12.9. The Bertz CT molecular complexity index is 496. The molecule has 3 atom stereocenters. The number of nitrogens with zero attached hydrogens (tertiary/aromatic N) is 1. The monoisotopic (exact) mass is 286 g/mol. The van der Waals surface area contributed by atoms with E-state index in [4.69, 9.17) is 5.73 Å². The fraction of sp³-hybridized carbons (Fsp3) is 0.611. The van der Waals surface area contributed by atoms with Gasteiger partial charge in [-0.3, -0.25) is 4.79 Å². The Hall–Kier alpha value is -1.35. The number of benzene rings is 1. The largest absolute Gasteiger partial charge is 0.341 e. The lowest BCUT2D eigenvalue weighted by Crippen LogP contribution is -2.29. The summed E-state index contributed by atoms with van der Waals surface area (Å²) in [5.41, 5.74) is 7.92. The first kappa shape index (κ1) is 14.6. The zero-order chi connectivity index (χ0) is 14.8. The number of rotatable bonds is 5. The molecule has 1 aromatic carbocycles. The van der Waals surface area contributed by atoms with E-state index in [1.54, 1.807) is 0 Å². The van der Waals surface area contributed by atoms with Crippen LogP contribution in [0.4, 0.5) is 0 Å². The van der Waals surface area contributed by atoms with Gasteiger partial charge < -0.3 is 10.6 Å². The summed E-state index contributed by atoms with van der Waals surface area (Å²) in [6, 6.07) is 8.24. The van der Waals surface area contributed by atoms with Crippen LogP contribution in [0, 0.1) is 17.8 Å². The van der Waals surface area contributed by atoms with Crippen molar-refractivity contribution >= 4 is 5.91 Å². The predicted octanol–water partition coefficient (Wildman–Crippen LogP) is 2.93. The first-order chi connectivity index (χ1) is 10.2. The molecule has 2 aliphatic carbocycles. The van der Waals surface area contributed by atoms with Gasteiger partial charge in [0, 0.05) is 26.6 Å². The Morgan fingerprint density at radius 2 is 1.90 bits per heavy atom. The first-order valence-electron chi connectivity index (χ1n) is 8.17. The molecule has 0 aliphatic heterocycles. The molecular formula is C18H26N2O. The standard InChI is InChI=1S/C18H26N2O/c1-20(12-14-4-2-13(11-19)3-5-14)18(21)10-17-9-15-6-7-16(17)8-15/h2-5,15-17H,6-12,19H2,1H3. The van der Waals surface area contributed by atoms with Gasteiger partial charge in [0.25, 0.3) is 0 Å². The van der Waals surface area contributed by atoms with Gasteiger partial charge >= 0.3 is 0 Å². The molecule has 0 aromatic heterocycles. The van der Waals surface area contributed by atoms with E-state index in [0.29, 0.717) is 24.9 Å². The molecule has 114 valence electrons. The molecule has 1 amide bonds. The van der Waals surface area contributed by atoms with Gasteiger partial charge in [0.1, 0.15) is 0 Å². The minimum absolute atomic E-state index is 0.301. The Labute approximate surface area is 127 Å². The summed E-state index contributed by atoms with van der Waals surface area (Å²) in [4.78, 5) is 14.3. The normalized spacial score (nSPS) is 27.0. The fourth-order valence-electron chi connectivity index (χ4n) is 4.15. The SMILES string of the molecule is CN(Cc1ccc(CN)cc1)C(=O)CC1CC2CCC1C2. The summed E-state index contributed by atoms with van der Waals surface area (Å²) >= 11 is 0. The van der Waals surface area contributed by atoms with Crippen LogP contribution < -0.4 is 5.73 Å². The quantitative estimate of drug-likeness (QED) is 0.904. The molecule has 3 rings (SSSR count). The van der Waals surface area contributed by atoms with Crippen molar-refractivity contribution in [3.63, 3.8) is 0 Å². The summed E-state index contributed by atoms with van der Waals surface area (Å²) in [6.07, 6.45) is 6.17. The molecule has 3 heteroatoms. The van der Waals surface area contributed by atoms with Crippen LogP contribution in [-0.2, 0) is 17.9 Å². The molecule has 2 N–H and O–H groups in total. The van der Waals surface area contributed by atoms with Crippen molar-refractivity contribution in [2.45, 2.75) is 45.2 Å². The van der Waals surface area contributed by atoms with Crippen molar-refractivity contribution in [1.29, 1.82) is 0 Å². The highest BCUT2D eigenvalue weighted by Crippen LogP contribution is 2.49. The molecule has 0 saturated heterocycles. The highest BCUT2D eigenvalue weighted by atomic mass is 16.2. The average Bonchev–Trinajstić information content (AvgIpc) is 3.10. The van der Waals surface area contributed by atoms with Gasteiger partial charge in [0.05, 0.1) is 0 Å². The van der Waals surface area contributed by atoms with Crippen LogP contribution >= 0.6 is 0 Å². The van der Waals surface area contributed by atoms with Crippen LogP contribution in [0.15, 0.2) is 24.3 Å². The number of nitrogens with two attached hydrogens (primary N) is 1.